The molecule has 2 atom stereocenters. The van der Waals surface area contributed by atoms with Gasteiger partial charge in [0.05, 0.1) is 21.0 Å². The molecule has 2 aromatic carbocycles. The van der Waals surface area contributed by atoms with Gasteiger partial charge in [0.1, 0.15) is 0 Å². The number of nitrogens with one attached hydrogen (secondary N) is 2. The van der Waals surface area contributed by atoms with Gasteiger partial charge in [-0.3, -0.25) is 19.0 Å². The average molecular weight is 666 g/mol. The van der Waals surface area contributed by atoms with E-state index in [1.807, 2.05) is 71.7 Å². The largest absolute Gasteiger partial charge is 0.320 e. The summed E-state index contributed by atoms with van der Waals surface area (Å²) in [5.41, 5.74) is 8.21. The molecule has 0 bridgehead atoms. The van der Waals surface area contributed by atoms with E-state index in [-0.39, 0.29) is 21.5 Å². The number of anilines is 2. The summed E-state index contributed by atoms with van der Waals surface area (Å²) < 4.78 is 3.84. The minimum Gasteiger partial charge on any atom is -0.320 e. The second-order valence-electron chi connectivity index (χ2n) is 10.4. The lowest BCUT2D eigenvalue weighted by molar-refractivity contribution is 0.101. The van der Waals surface area contributed by atoms with Crippen molar-refractivity contribution in [2.45, 2.75) is 62.3 Å². The predicted octanol–water partition coefficient (Wildman–Crippen LogP) is 7.33. The second kappa shape index (κ2) is 11.0. The molecule has 2 amide bonds. The van der Waals surface area contributed by atoms with Crippen molar-refractivity contribution < 1.29 is 9.59 Å². The maximum atomic E-state index is 13.1. The van der Waals surface area contributed by atoms with Crippen LogP contribution in [0.3, 0.4) is 0 Å². The van der Waals surface area contributed by atoms with Gasteiger partial charge in [-0.25, -0.2) is 0 Å². The van der Waals surface area contributed by atoms with Gasteiger partial charge in [-0.05, 0) is 86.1 Å². The Morgan fingerprint density at radius 1 is 0.750 bits per heavy atom. The highest BCUT2D eigenvalue weighted by Gasteiger charge is 2.25. The maximum absolute atomic E-state index is 13.1. The summed E-state index contributed by atoms with van der Waals surface area (Å²) in [7, 11) is 0. The SMILES string of the molecule is Cc1c(NC(=O)c2cc3n(n2)CCCC3Br)cccc1-c1cccc(NC(=O)c2cc3n(n2)CCCC3Br)c1C. The fourth-order valence-electron chi connectivity index (χ4n) is 5.58. The van der Waals surface area contributed by atoms with Gasteiger partial charge in [0.2, 0.25) is 0 Å². The predicted molar refractivity (Wildman–Crippen MR) is 164 cm³/mol. The minimum absolute atomic E-state index is 0.219. The zero-order chi connectivity index (χ0) is 28.0. The van der Waals surface area contributed by atoms with Gasteiger partial charge < -0.3 is 10.6 Å². The van der Waals surface area contributed by atoms with Gasteiger partial charge in [0, 0.05) is 24.5 Å². The first-order valence-electron chi connectivity index (χ1n) is 13.6. The number of nitrogens with zero attached hydrogens (tertiary/aromatic N) is 4. The molecule has 206 valence electrons. The number of hydrogen-bond donors (Lipinski definition) is 2. The lowest BCUT2D eigenvalue weighted by Crippen LogP contribution is -2.16. The van der Waals surface area contributed by atoms with Gasteiger partial charge in [-0.15, -0.1) is 0 Å². The second-order valence-corrected chi connectivity index (χ2v) is 12.6. The number of aromatic nitrogens is 4. The van der Waals surface area contributed by atoms with Crippen LogP contribution in [0.2, 0.25) is 0 Å². The molecular weight excluding hydrogens is 636 g/mol. The van der Waals surface area contributed by atoms with Crippen LogP contribution in [-0.4, -0.2) is 31.4 Å². The first-order chi connectivity index (χ1) is 19.3. The number of benzene rings is 2. The molecular formula is C30H30Br2N6O2. The van der Waals surface area contributed by atoms with E-state index in [9.17, 15) is 9.59 Å². The van der Waals surface area contributed by atoms with Crippen molar-refractivity contribution in [3.8, 4) is 11.1 Å². The third-order valence-corrected chi connectivity index (χ3v) is 9.69. The smallest absolute Gasteiger partial charge is 0.276 e. The molecule has 10 heteroatoms. The van der Waals surface area contributed by atoms with Crippen molar-refractivity contribution in [3.63, 3.8) is 0 Å². The maximum Gasteiger partial charge on any atom is 0.276 e. The van der Waals surface area contributed by atoms with Crippen LogP contribution in [-0.2, 0) is 13.1 Å². The highest BCUT2D eigenvalue weighted by atomic mass is 79.9. The van der Waals surface area contributed by atoms with Crippen molar-refractivity contribution in [3.05, 3.63) is 82.4 Å². The fourth-order valence-corrected chi connectivity index (χ4v) is 6.97. The Kier molecular flexibility index (Phi) is 7.39. The monoisotopic (exact) mass is 664 g/mol. The molecule has 6 rings (SSSR count). The molecule has 40 heavy (non-hydrogen) atoms. The van der Waals surface area contributed by atoms with E-state index in [1.54, 1.807) is 0 Å². The molecule has 4 heterocycles. The van der Waals surface area contributed by atoms with Crippen LogP contribution in [0, 0.1) is 13.8 Å². The number of hydrogen-bond acceptors (Lipinski definition) is 4. The Morgan fingerprint density at radius 3 is 1.57 bits per heavy atom. The molecule has 0 aliphatic carbocycles. The van der Waals surface area contributed by atoms with E-state index in [4.69, 9.17) is 0 Å². The van der Waals surface area contributed by atoms with Crippen LogP contribution in [0.1, 0.15) is 78.8 Å². The topological polar surface area (TPSA) is 93.8 Å². The Labute approximate surface area is 249 Å². The molecule has 2 N–H and O–H groups in total. The average Bonchev–Trinajstić information content (AvgIpc) is 3.58. The van der Waals surface area contributed by atoms with E-state index >= 15 is 0 Å². The van der Waals surface area contributed by atoms with Gasteiger partial charge >= 0.3 is 0 Å². The number of halogens is 2. The van der Waals surface area contributed by atoms with E-state index in [1.165, 1.54) is 0 Å². The van der Waals surface area contributed by atoms with Crippen LogP contribution in [0.4, 0.5) is 11.4 Å². The molecule has 0 spiro atoms. The van der Waals surface area contributed by atoms with Crippen molar-refractivity contribution >= 4 is 55.0 Å². The number of rotatable bonds is 5. The van der Waals surface area contributed by atoms with Crippen LogP contribution >= 0.6 is 31.9 Å². The Bertz CT molecular complexity index is 1500. The van der Waals surface area contributed by atoms with Gasteiger partial charge in [0.25, 0.3) is 11.8 Å². The van der Waals surface area contributed by atoms with Crippen LogP contribution < -0.4 is 10.6 Å². The molecule has 2 aliphatic rings. The molecule has 2 aromatic heterocycles. The lowest BCUT2D eigenvalue weighted by Gasteiger charge is -2.17. The number of carbonyl (C=O) groups is 2. The van der Waals surface area contributed by atoms with Gasteiger partial charge in [-0.1, -0.05) is 56.1 Å². The number of alkyl halides is 2. The molecule has 0 fully saturated rings. The summed E-state index contributed by atoms with van der Waals surface area (Å²) in [6.07, 6.45) is 4.14. The zero-order valence-corrected chi connectivity index (χ0v) is 25.5. The first-order valence-corrected chi connectivity index (χ1v) is 15.4. The molecule has 0 saturated carbocycles. The summed E-state index contributed by atoms with van der Waals surface area (Å²) in [6.45, 7) is 5.64. The highest BCUT2D eigenvalue weighted by Crippen LogP contribution is 2.36. The quantitative estimate of drug-likeness (QED) is 0.218. The van der Waals surface area contributed by atoms with E-state index < -0.39 is 0 Å². The summed E-state index contributed by atoms with van der Waals surface area (Å²) in [5.74, 6) is -0.457. The first kappa shape index (κ1) is 27.0. The van der Waals surface area contributed by atoms with Gasteiger partial charge in [0.15, 0.2) is 11.4 Å². The van der Waals surface area contributed by atoms with E-state index in [0.717, 1.165) is 83.8 Å². The van der Waals surface area contributed by atoms with Crippen molar-refractivity contribution in [2.75, 3.05) is 10.6 Å². The third kappa shape index (κ3) is 5.03. The summed E-state index contributed by atoms with van der Waals surface area (Å²) >= 11 is 7.39. The van der Waals surface area contributed by atoms with Crippen molar-refractivity contribution in [2.24, 2.45) is 0 Å². The Balaban J connectivity index is 1.23. The molecule has 0 saturated heterocycles. The highest BCUT2D eigenvalue weighted by molar-refractivity contribution is 9.09. The van der Waals surface area contributed by atoms with E-state index in [2.05, 4.69) is 52.7 Å². The van der Waals surface area contributed by atoms with Gasteiger partial charge in [-0.2, -0.15) is 10.2 Å². The molecule has 2 aliphatic heterocycles. The number of amides is 2. The summed E-state index contributed by atoms with van der Waals surface area (Å²) in [5, 5.41) is 15.2. The number of aryl methyl sites for hydroxylation is 2. The molecule has 0 radical (unpaired) electrons. The third-order valence-electron chi connectivity index (χ3n) is 7.84. The van der Waals surface area contributed by atoms with Crippen molar-refractivity contribution in [1.29, 1.82) is 0 Å². The summed E-state index contributed by atoms with van der Waals surface area (Å²) in [6, 6.07) is 15.5. The minimum atomic E-state index is -0.229. The molecule has 8 nitrogen and oxygen atoms in total. The van der Waals surface area contributed by atoms with E-state index in [0.29, 0.717) is 11.4 Å². The zero-order valence-electron chi connectivity index (χ0n) is 22.4. The standard InChI is InChI=1S/C30H30Br2N6O2/c1-17-19(7-3-11-23(17)33-29(39)25-15-27-21(31)9-5-13-37(27)35-25)20-8-4-12-24(18(20)2)34-30(40)26-16-28-22(32)10-6-14-38(28)36-26/h3-4,7-8,11-12,15-16,21-22H,5-6,9-10,13-14H2,1-2H3,(H,33,39)(H,34,40). The molecule has 4 aromatic rings. The normalized spacial score (nSPS) is 18.1. The number of carbonyl (C=O) groups excluding carboxylic acids is 2. The molecule has 2 unspecified atom stereocenters. The van der Waals surface area contributed by atoms with Crippen LogP contribution in [0.25, 0.3) is 11.1 Å². The Morgan fingerprint density at radius 2 is 1.18 bits per heavy atom. The van der Waals surface area contributed by atoms with Crippen LogP contribution in [0.5, 0.6) is 0 Å². The Hall–Kier alpha value is -3.24. The van der Waals surface area contributed by atoms with Crippen molar-refractivity contribution in [1.82, 2.24) is 19.6 Å². The lowest BCUT2D eigenvalue weighted by atomic mass is 9.94. The fraction of sp³-hybridized carbons (Fsp3) is 0.333. The van der Waals surface area contributed by atoms with Crippen LogP contribution in [0.15, 0.2) is 48.5 Å². The number of fused-ring (bicyclic) bond motifs is 2. The summed E-state index contributed by atoms with van der Waals surface area (Å²) in [4.78, 5) is 26.7.